The molecule has 0 saturated heterocycles. The fourth-order valence-electron chi connectivity index (χ4n) is 2.42. The van der Waals surface area contributed by atoms with E-state index in [1.807, 2.05) is 6.07 Å². The van der Waals surface area contributed by atoms with Crippen LogP contribution in [0.5, 0.6) is 0 Å². The van der Waals surface area contributed by atoms with Gasteiger partial charge in [0.15, 0.2) is 0 Å². The van der Waals surface area contributed by atoms with Gasteiger partial charge in [0.05, 0.1) is 11.6 Å². The molecule has 6 nitrogen and oxygen atoms in total. The van der Waals surface area contributed by atoms with Gasteiger partial charge in [0.2, 0.25) is 10.0 Å². The van der Waals surface area contributed by atoms with Gasteiger partial charge in [0.25, 0.3) is 5.91 Å². The lowest BCUT2D eigenvalue weighted by Crippen LogP contribution is -2.40. The van der Waals surface area contributed by atoms with Gasteiger partial charge in [-0.1, -0.05) is 23.7 Å². The van der Waals surface area contributed by atoms with Crippen LogP contribution in [0.15, 0.2) is 47.4 Å². The fourth-order valence-corrected chi connectivity index (χ4v) is 4.36. The normalized spacial score (nSPS) is 12.0. The maximum Gasteiger partial charge on any atom is 0.255 e. The third kappa shape index (κ3) is 6.04. The largest absolute Gasteiger partial charge is 0.380 e. The van der Waals surface area contributed by atoms with Crippen molar-refractivity contribution in [2.24, 2.45) is 0 Å². The molecule has 2 aromatic rings. The van der Waals surface area contributed by atoms with Crippen LogP contribution in [0.25, 0.3) is 0 Å². The second-order valence-electron chi connectivity index (χ2n) is 7.09. The molecule has 146 valence electrons. The number of halogens is 1. The van der Waals surface area contributed by atoms with E-state index in [1.165, 1.54) is 18.2 Å². The average molecular weight is 411 g/mol. The summed E-state index contributed by atoms with van der Waals surface area (Å²) in [4.78, 5) is 12.4. The molecular formula is C19H23ClN2O4S. The summed E-state index contributed by atoms with van der Waals surface area (Å²) in [5.41, 5.74) is 0.999. The number of amides is 1. The molecule has 0 unspecified atom stereocenters. The maximum atomic E-state index is 12.6. The van der Waals surface area contributed by atoms with Crippen LogP contribution >= 0.6 is 11.6 Å². The molecule has 0 radical (unpaired) electrons. The van der Waals surface area contributed by atoms with Gasteiger partial charge in [-0.05, 0) is 56.7 Å². The van der Waals surface area contributed by atoms with Crippen molar-refractivity contribution in [2.75, 3.05) is 12.4 Å². The predicted molar refractivity (Wildman–Crippen MR) is 107 cm³/mol. The summed E-state index contributed by atoms with van der Waals surface area (Å²) in [5.74, 6) is -0.437. The molecule has 0 saturated carbocycles. The molecule has 0 fully saturated rings. The zero-order valence-corrected chi connectivity index (χ0v) is 17.2. The standard InChI is InChI=1S/C19H23ClN2O4S/c1-19(2,3)22-27(24,25)17-11-14(8-9-16(17)20)18(23)21-15-7-5-6-13(10-15)12-26-4/h5-11,22H,12H2,1-4H3,(H,21,23). The Hall–Kier alpha value is -1.93. The molecule has 0 spiro atoms. The number of methoxy groups -OCH3 is 1. The van der Waals surface area contributed by atoms with E-state index < -0.39 is 21.5 Å². The topological polar surface area (TPSA) is 84.5 Å². The van der Waals surface area contributed by atoms with Gasteiger partial charge in [-0.2, -0.15) is 0 Å². The smallest absolute Gasteiger partial charge is 0.255 e. The number of ether oxygens (including phenoxy) is 1. The van der Waals surface area contributed by atoms with Crippen molar-refractivity contribution in [3.63, 3.8) is 0 Å². The summed E-state index contributed by atoms with van der Waals surface area (Å²) >= 11 is 6.07. The van der Waals surface area contributed by atoms with Crippen LogP contribution < -0.4 is 10.0 Å². The number of carbonyl (C=O) groups excluding carboxylic acids is 1. The van der Waals surface area contributed by atoms with E-state index in [2.05, 4.69) is 10.0 Å². The number of rotatable bonds is 6. The molecule has 0 aliphatic rings. The van der Waals surface area contributed by atoms with Crippen molar-refractivity contribution in [1.29, 1.82) is 0 Å². The van der Waals surface area contributed by atoms with E-state index in [4.69, 9.17) is 16.3 Å². The number of anilines is 1. The molecule has 0 heterocycles. The number of hydrogen-bond acceptors (Lipinski definition) is 4. The highest BCUT2D eigenvalue weighted by molar-refractivity contribution is 7.89. The summed E-state index contributed by atoms with van der Waals surface area (Å²) in [6.07, 6.45) is 0. The van der Waals surface area contributed by atoms with Gasteiger partial charge in [-0.3, -0.25) is 4.79 Å². The van der Waals surface area contributed by atoms with E-state index in [1.54, 1.807) is 46.1 Å². The first-order valence-corrected chi connectivity index (χ1v) is 10.1. The van der Waals surface area contributed by atoms with Crippen molar-refractivity contribution in [2.45, 2.75) is 37.8 Å². The van der Waals surface area contributed by atoms with Gasteiger partial charge < -0.3 is 10.1 Å². The monoisotopic (exact) mass is 410 g/mol. The lowest BCUT2D eigenvalue weighted by molar-refractivity contribution is 0.102. The van der Waals surface area contributed by atoms with Gasteiger partial charge in [0, 0.05) is 23.9 Å². The SMILES string of the molecule is COCc1cccc(NC(=O)c2ccc(Cl)c(S(=O)(=O)NC(C)(C)C)c2)c1. The summed E-state index contributed by atoms with van der Waals surface area (Å²) in [7, 11) is -2.28. The lowest BCUT2D eigenvalue weighted by Gasteiger charge is -2.21. The predicted octanol–water partition coefficient (Wildman–Crippen LogP) is 3.82. The number of sulfonamides is 1. The molecule has 0 atom stereocenters. The number of benzene rings is 2. The minimum absolute atomic E-state index is 0.0467. The number of nitrogens with one attached hydrogen (secondary N) is 2. The van der Waals surface area contributed by atoms with Crippen molar-refractivity contribution >= 4 is 33.2 Å². The highest BCUT2D eigenvalue weighted by atomic mass is 35.5. The number of hydrogen-bond donors (Lipinski definition) is 2. The molecule has 0 bridgehead atoms. The first-order chi connectivity index (χ1) is 12.5. The Kier molecular flexibility index (Phi) is 6.64. The zero-order chi connectivity index (χ0) is 20.2. The zero-order valence-electron chi connectivity index (χ0n) is 15.7. The quantitative estimate of drug-likeness (QED) is 0.758. The second kappa shape index (κ2) is 8.39. The highest BCUT2D eigenvalue weighted by Crippen LogP contribution is 2.24. The van der Waals surface area contributed by atoms with Crippen molar-refractivity contribution < 1.29 is 17.9 Å². The van der Waals surface area contributed by atoms with Gasteiger partial charge in [-0.25, -0.2) is 13.1 Å². The van der Waals surface area contributed by atoms with Crippen LogP contribution in [0.4, 0.5) is 5.69 Å². The Balaban J connectivity index is 2.29. The number of carbonyl (C=O) groups is 1. The van der Waals surface area contributed by atoms with Gasteiger partial charge in [0.1, 0.15) is 4.90 Å². The summed E-state index contributed by atoms with van der Waals surface area (Å²) in [6, 6.07) is 11.4. The van der Waals surface area contributed by atoms with E-state index in [-0.39, 0.29) is 15.5 Å². The molecule has 0 aliphatic heterocycles. The summed E-state index contributed by atoms with van der Waals surface area (Å²) in [6.45, 7) is 5.59. The van der Waals surface area contributed by atoms with Crippen LogP contribution in [0.3, 0.4) is 0 Å². The Morgan fingerprint density at radius 2 is 1.85 bits per heavy atom. The summed E-state index contributed by atoms with van der Waals surface area (Å²) in [5, 5.41) is 2.80. The maximum absolute atomic E-state index is 12.6. The second-order valence-corrected chi connectivity index (χ2v) is 9.15. The first kappa shape index (κ1) is 21.4. The first-order valence-electron chi connectivity index (χ1n) is 8.24. The minimum atomic E-state index is -3.87. The molecule has 0 aromatic heterocycles. The van der Waals surface area contributed by atoms with Crippen LogP contribution in [0.1, 0.15) is 36.7 Å². The van der Waals surface area contributed by atoms with Gasteiger partial charge >= 0.3 is 0 Å². The Bertz CT molecular complexity index is 937. The molecule has 2 N–H and O–H groups in total. The van der Waals surface area contributed by atoms with E-state index in [9.17, 15) is 13.2 Å². The average Bonchev–Trinajstić information content (AvgIpc) is 2.53. The van der Waals surface area contributed by atoms with Crippen molar-refractivity contribution in [3.8, 4) is 0 Å². The molecule has 2 aromatic carbocycles. The van der Waals surface area contributed by atoms with Crippen molar-refractivity contribution in [3.05, 3.63) is 58.6 Å². The molecule has 2 rings (SSSR count). The molecule has 8 heteroatoms. The Morgan fingerprint density at radius 3 is 2.48 bits per heavy atom. The molecule has 1 amide bonds. The molecule has 0 aliphatic carbocycles. The van der Waals surface area contributed by atoms with E-state index in [0.29, 0.717) is 12.3 Å². The summed E-state index contributed by atoms with van der Waals surface area (Å²) < 4.78 is 32.8. The van der Waals surface area contributed by atoms with Crippen LogP contribution in [0, 0.1) is 0 Å². The van der Waals surface area contributed by atoms with Crippen LogP contribution in [0.2, 0.25) is 5.02 Å². The van der Waals surface area contributed by atoms with E-state index in [0.717, 1.165) is 5.56 Å². The van der Waals surface area contributed by atoms with Gasteiger partial charge in [-0.15, -0.1) is 0 Å². The third-order valence-electron chi connectivity index (χ3n) is 3.42. The highest BCUT2D eigenvalue weighted by Gasteiger charge is 2.25. The Morgan fingerprint density at radius 1 is 1.15 bits per heavy atom. The fraction of sp³-hybridized carbons (Fsp3) is 0.316. The lowest BCUT2D eigenvalue weighted by atomic mass is 10.1. The molecular weight excluding hydrogens is 388 g/mol. The third-order valence-corrected chi connectivity index (χ3v) is 5.66. The molecule has 27 heavy (non-hydrogen) atoms. The van der Waals surface area contributed by atoms with Crippen molar-refractivity contribution in [1.82, 2.24) is 4.72 Å². The van der Waals surface area contributed by atoms with Crippen LogP contribution in [-0.4, -0.2) is 27.0 Å². The van der Waals surface area contributed by atoms with E-state index >= 15 is 0 Å². The minimum Gasteiger partial charge on any atom is -0.380 e. The van der Waals surface area contributed by atoms with Crippen LogP contribution in [-0.2, 0) is 21.4 Å². The Labute approximate surface area is 164 Å².